The van der Waals surface area contributed by atoms with Gasteiger partial charge in [-0.3, -0.25) is 4.79 Å². The minimum absolute atomic E-state index is 0.0105. The molecule has 1 heterocycles. The molecule has 0 saturated heterocycles. The van der Waals surface area contributed by atoms with Gasteiger partial charge in [-0.1, -0.05) is 23.1 Å². The normalized spacial score (nSPS) is 10.3. The van der Waals surface area contributed by atoms with Crippen LogP contribution in [-0.2, 0) is 9.53 Å². The molecule has 0 radical (unpaired) electrons. The van der Waals surface area contributed by atoms with E-state index in [9.17, 15) is 4.79 Å². The second-order valence-electron chi connectivity index (χ2n) is 3.39. The van der Waals surface area contributed by atoms with Crippen molar-refractivity contribution < 1.29 is 9.53 Å². The van der Waals surface area contributed by atoms with Crippen LogP contribution in [0.15, 0.2) is 4.34 Å². The van der Waals surface area contributed by atoms with Crippen LogP contribution >= 0.6 is 23.1 Å². The zero-order chi connectivity index (χ0) is 13.2. The van der Waals surface area contributed by atoms with E-state index >= 15 is 0 Å². The highest BCUT2D eigenvalue weighted by molar-refractivity contribution is 8.01. The molecule has 1 amide bonds. The fourth-order valence-electron chi connectivity index (χ4n) is 1.11. The summed E-state index contributed by atoms with van der Waals surface area (Å²) in [6.45, 7) is 4.13. The van der Waals surface area contributed by atoms with Gasteiger partial charge in [0.15, 0.2) is 4.34 Å². The third kappa shape index (κ3) is 6.18. The molecule has 0 bridgehead atoms. The van der Waals surface area contributed by atoms with Gasteiger partial charge in [0.25, 0.3) is 0 Å². The Morgan fingerprint density at radius 2 is 2.33 bits per heavy atom. The summed E-state index contributed by atoms with van der Waals surface area (Å²) in [6.07, 6.45) is 0.830. The molecule has 0 atom stereocenters. The summed E-state index contributed by atoms with van der Waals surface area (Å²) < 4.78 is 5.70. The minimum Gasteiger partial charge on any atom is -0.385 e. The molecule has 2 N–H and O–H groups in total. The molecule has 0 spiro atoms. The molecule has 0 fully saturated rings. The van der Waals surface area contributed by atoms with Crippen molar-refractivity contribution in [1.82, 2.24) is 15.5 Å². The van der Waals surface area contributed by atoms with Crippen molar-refractivity contribution in [3.63, 3.8) is 0 Å². The SMILES string of the molecule is CCNc1nnc(SCC(=O)NCCCOC)s1. The van der Waals surface area contributed by atoms with Crippen LogP contribution in [0.4, 0.5) is 5.13 Å². The van der Waals surface area contributed by atoms with Crippen LogP contribution in [-0.4, -0.2) is 48.7 Å². The lowest BCUT2D eigenvalue weighted by Crippen LogP contribution is -2.26. The van der Waals surface area contributed by atoms with Crippen molar-refractivity contribution in [3.8, 4) is 0 Å². The van der Waals surface area contributed by atoms with Gasteiger partial charge in [0.2, 0.25) is 11.0 Å². The first kappa shape index (κ1) is 15.2. The number of hydrogen-bond donors (Lipinski definition) is 2. The summed E-state index contributed by atoms with van der Waals surface area (Å²) in [4.78, 5) is 11.5. The number of rotatable bonds is 9. The average molecular weight is 290 g/mol. The van der Waals surface area contributed by atoms with Gasteiger partial charge >= 0.3 is 0 Å². The van der Waals surface area contributed by atoms with E-state index in [0.717, 1.165) is 22.4 Å². The van der Waals surface area contributed by atoms with Crippen LogP contribution in [0.1, 0.15) is 13.3 Å². The Morgan fingerprint density at radius 1 is 1.50 bits per heavy atom. The predicted molar refractivity (Wildman–Crippen MR) is 74.3 cm³/mol. The van der Waals surface area contributed by atoms with Crippen LogP contribution in [0.3, 0.4) is 0 Å². The number of hydrogen-bond acceptors (Lipinski definition) is 7. The molecule has 0 unspecified atom stereocenters. The van der Waals surface area contributed by atoms with Crippen LogP contribution in [0.2, 0.25) is 0 Å². The largest absolute Gasteiger partial charge is 0.385 e. The number of carbonyl (C=O) groups is 1. The Balaban J connectivity index is 2.16. The van der Waals surface area contributed by atoms with E-state index in [0.29, 0.717) is 18.9 Å². The van der Waals surface area contributed by atoms with Crippen molar-refractivity contribution >= 4 is 34.1 Å². The number of anilines is 1. The van der Waals surface area contributed by atoms with Crippen LogP contribution in [0.25, 0.3) is 0 Å². The van der Waals surface area contributed by atoms with Crippen molar-refractivity contribution in [2.45, 2.75) is 17.7 Å². The van der Waals surface area contributed by atoms with Gasteiger partial charge in [0.05, 0.1) is 5.75 Å². The molecule has 1 aromatic heterocycles. The maximum absolute atomic E-state index is 11.5. The number of aromatic nitrogens is 2. The Bertz CT molecular complexity index is 359. The van der Waals surface area contributed by atoms with E-state index in [-0.39, 0.29) is 5.91 Å². The summed E-state index contributed by atoms with van der Waals surface area (Å²) in [7, 11) is 1.65. The van der Waals surface area contributed by atoms with Crippen LogP contribution in [0, 0.1) is 0 Å². The summed E-state index contributed by atoms with van der Waals surface area (Å²) in [5.74, 6) is 0.379. The maximum Gasteiger partial charge on any atom is 0.230 e. The molecule has 0 saturated carbocycles. The molecule has 0 aliphatic rings. The molecule has 1 rings (SSSR count). The van der Waals surface area contributed by atoms with Crippen LogP contribution in [0.5, 0.6) is 0 Å². The smallest absolute Gasteiger partial charge is 0.230 e. The Morgan fingerprint density at radius 3 is 3.06 bits per heavy atom. The van der Waals surface area contributed by atoms with Crippen molar-refractivity contribution in [2.24, 2.45) is 0 Å². The first-order valence-corrected chi connectivity index (χ1v) is 7.52. The molecular formula is C10H18N4O2S2. The lowest BCUT2D eigenvalue weighted by Gasteiger charge is -2.02. The molecule has 8 heteroatoms. The van der Waals surface area contributed by atoms with E-state index in [4.69, 9.17) is 4.74 Å². The third-order valence-corrected chi connectivity index (χ3v) is 3.92. The fraction of sp³-hybridized carbons (Fsp3) is 0.700. The van der Waals surface area contributed by atoms with E-state index in [2.05, 4.69) is 20.8 Å². The number of thioether (sulfide) groups is 1. The Hall–Kier alpha value is -0.860. The van der Waals surface area contributed by atoms with Gasteiger partial charge in [-0.25, -0.2) is 0 Å². The number of amides is 1. The van der Waals surface area contributed by atoms with Gasteiger partial charge in [-0.15, -0.1) is 10.2 Å². The summed E-state index contributed by atoms with van der Waals surface area (Å²) in [6, 6.07) is 0. The van der Waals surface area contributed by atoms with Gasteiger partial charge in [0, 0.05) is 26.8 Å². The molecule has 18 heavy (non-hydrogen) atoms. The molecule has 6 nitrogen and oxygen atoms in total. The molecule has 0 aromatic carbocycles. The number of carbonyl (C=O) groups excluding carboxylic acids is 1. The van der Waals surface area contributed by atoms with Gasteiger partial charge in [-0.2, -0.15) is 0 Å². The van der Waals surface area contributed by atoms with Gasteiger partial charge in [0.1, 0.15) is 0 Å². The van der Waals surface area contributed by atoms with Crippen LogP contribution < -0.4 is 10.6 Å². The highest BCUT2D eigenvalue weighted by Crippen LogP contribution is 2.24. The maximum atomic E-state index is 11.5. The average Bonchev–Trinajstić information content (AvgIpc) is 2.80. The standard InChI is InChI=1S/C10H18N4O2S2/c1-3-11-9-13-14-10(18-9)17-7-8(15)12-5-4-6-16-2/h3-7H2,1-2H3,(H,11,13)(H,12,15). The lowest BCUT2D eigenvalue weighted by molar-refractivity contribution is -0.118. The van der Waals surface area contributed by atoms with E-state index in [1.807, 2.05) is 6.92 Å². The number of ether oxygens (including phenoxy) is 1. The second kappa shape index (κ2) is 9.12. The summed E-state index contributed by atoms with van der Waals surface area (Å²) >= 11 is 2.86. The van der Waals surface area contributed by atoms with E-state index in [1.54, 1.807) is 7.11 Å². The van der Waals surface area contributed by atoms with Crippen molar-refractivity contribution in [2.75, 3.05) is 37.9 Å². The first-order valence-electron chi connectivity index (χ1n) is 5.72. The Kier molecular flexibility index (Phi) is 7.70. The molecule has 102 valence electrons. The summed E-state index contributed by atoms with van der Waals surface area (Å²) in [5, 5.41) is 14.6. The zero-order valence-electron chi connectivity index (χ0n) is 10.6. The number of methoxy groups -OCH3 is 1. The number of nitrogens with one attached hydrogen (secondary N) is 2. The third-order valence-electron chi connectivity index (χ3n) is 1.91. The molecular weight excluding hydrogens is 272 g/mol. The predicted octanol–water partition coefficient (Wildman–Crippen LogP) is 1.21. The van der Waals surface area contributed by atoms with Gasteiger partial charge in [-0.05, 0) is 13.3 Å². The molecule has 0 aliphatic heterocycles. The Labute approximate surface area is 115 Å². The molecule has 1 aromatic rings. The van der Waals surface area contributed by atoms with E-state index in [1.165, 1.54) is 23.1 Å². The monoisotopic (exact) mass is 290 g/mol. The zero-order valence-corrected chi connectivity index (χ0v) is 12.2. The first-order chi connectivity index (χ1) is 8.76. The van der Waals surface area contributed by atoms with Crippen molar-refractivity contribution in [1.29, 1.82) is 0 Å². The highest BCUT2D eigenvalue weighted by Gasteiger charge is 2.07. The molecule has 0 aliphatic carbocycles. The fourth-order valence-corrected chi connectivity index (χ4v) is 2.76. The highest BCUT2D eigenvalue weighted by atomic mass is 32.2. The van der Waals surface area contributed by atoms with Gasteiger partial charge < -0.3 is 15.4 Å². The topological polar surface area (TPSA) is 76.1 Å². The number of nitrogens with zero attached hydrogens (tertiary/aromatic N) is 2. The van der Waals surface area contributed by atoms with E-state index < -0.39 is 0 Å². The quantitative estimate of drug-likeness (QED) is 0.526. The van der Waals surface area contributed by atoms with Crippen molar-refractivity contribution in [3.05, 3.63) is 0 Å². The minimum atomic E-state index is 0.0105. The summed E-state index contributed by atoms with van der Waals surface area (Å²) in [5.41, 5.74) is 0. The lowest BCUT2D eigenvalue weighted by atomic mass is 10.4. The second-order valence-corrected chi connectivity index (χ2v) is 5.59.